The van der Waals surface area contributed by atoms with Crippen molar-refractivity contribution in [2.75, 3.05) is 0 Å². The molecule has 0 saturated heterocycles. The van der Waals surface area contributed by atoms with Crippen LogP contribution in [0.15, 0.2) is 23.8 Å². The SMILES string of the molecule is C=C1CC[C@@H]2[C@H]([C@H]3[C@H]1CC[C@]3(C)O)[C@@]2(C)C1C(=O)C(C)=C[C@H]1O. The van der Waals surface area contributed by atoms with E-state index in [1.54, 1.807) is 6.08 Å². The first-order valence-electron chi connectivity index (χ1n) is 9.00. The highest BCUT2D eigenvalue weighted by Gasteiger charge is 2.73. The van der Waals surface area contributed by atoms with E-state index in [0.29, 0.717) is 23.3 Å². The molecule has 0 bridgehead atoms. The smallest absolute Gasteiger partial charge is 0.164 e. The van der Waals surface area contributed by atoms with Crippen molar-refractivity contribution in [2.24, 2.45) is 35.0 Å². The number of rotatable bonds is 1. The van der Waals surface area contributed by atoms with E-state index in [9.17, 15) is 15.0 Å². The third-order valence-corrected chi connectivity index (χ3v) is 7.75. The summed E-state index contributed by atoms with van der Waals surface area (Å²) < 4.78 is 0. The molecule has 0 aliphatic heterocycles. The maximum Gasteiger partial charge on any atom is 0.164 e. The van der Waals surface area contributed by atoms with Crippen LogP contribution in [0.4, 0.5) is 0 Å². The van der Waals surface area contributed by atoms with Crippen LogP contribution in [-0.2, 0) is 4.79 Å². The largest absolute Gasteiger partial charge is 0.390 e. The summed E-state index contributed by atoms with van der Waals surface area (Å²) in [5.41, 5.74) is 1.13. The van der Waals surface area contributed by atoms with Crippen molar-refractivity contribution in [1.82, 2.24) is 0 Å². The van der Waals surface area contributed by atoms with E-state index in [1.165, 1.54) is 5.57 Å². The molecule has 0 heterocycles. The summed E-state index contributed by atoms with van der Waals surface area (Å²) in [5, 5.41) is 21.5. The van der Waals surface area contributed by atoms with Gasteiger partial charge in [0.05, 0.1) is 17.6 Å². The zero-order valence-electron chi connectivity index (χ0n) is 14.4. The number of hydrogen-bond acceptors (Lipinski definition) is 3. The minimum Gasteiger partial charge on any atom is -0.390 e. The Hall–Kier alpha value is -0.930. The molecule has 3 nitrogen and oxygen atoms in total. The summed E-state index contributed by atoms with van der Waals surface area (Å²) in [6, 6.07) is 0. The summed E-state index contributed by atoms with van der Waals surface area (Å²) in [7, 11) is 0. The predicted molar refractivity (Wildman–Crippen MR) is 88.6 cm³/mol. The molecule has 0 radical (unpaired) electrons. The third kappa shape index (κ3) is 1.87. The van der Waals surface area contributed by atoms with Gasteiger partial charge in [-0.1, -0.05) is 19.1 Å². The molecule has 23 heavy (non-hydrogen) atoms. The number of aliphatic hydroxyl groups is 2. The minimum absolute atomic E-state index is 0.112. The van der Waals surface area contributed by atoms with Gasteiger partial charge >= 0.3 is 0 Å². The monoisotopic (exact) mass is 316 g/mol. The van der Waals surface area contributed by atoms with Gasteiger partial charge in [0.2, 0.25) is 0 Å². The molecule has 1 unspecified atom stereocenters. The van der Waals surface area contributed by atoms with Crippen LogP contribution in [0.3, 0.4) is 0 Å². The summed E-state index contributed by atoms with van der Waals surface area (Å²) in [6.07, 6.45) is 4.93. The molecule has 4 rings (SSSR count). The van der Waals surface area contributed by atoms with Crippen LogP contribution in [-0.4, -0.2) is 27.7 Å². The number of ketones is 1. The fraction of sp³-hybridized carbons (Fsp3) is 0.750. The van der Waals surface area contributed by atoms with Crippen LogP contribution in [0.5, 0.6) is 0 Å². The predicted octanol–water partition coefficient (Wildman–Crippen LogP) is 2.87. The normalized spacial score (nSPS) is 55.3. The van der Waals surface area contributed by atoms with Crippen molar-refractivity contribution < 1.29 is 15.0 Å². The lowest BCUT2D eigenvalue weighted by molar-refractivity contribution is -0.123. The van der Waals surface area contributed by atoms with Crippen LogP contribution in [0.1, 0.15) is 46.5 Å². The first-order chi connectivity index (χ1) is 10.7. The van der Waals surface area contributed by atoms with E-state index < -0.39 is 11.7 Å². The van der Waals surface area contributed by atoms with Gasteiger partial charge in [0, 0.05) is 0 Å². The first-order valence-corrected chi connectivity index (χ1v) is 9.00. The molecular formula is C20H28O3. The highest BCUT2D eigenvalue weighted by atomic mass is 16.3. The van der Waals surface area contributed by atoms with Crippen LogP contribution in [0.2, 0.25) is 0 Å². The van der Waals surface area contributed by atoms with Crippen molar-refractivity contribution in [3.63, 3.8) is 0 Å². The van der Waals surface area contributed by atoms with Crippen LogP contribution in [0, 0.1) is 35.0 Å². The highest BCUT2D eigenvalue weighted by molar-refractivity contribution is 6.00. The van der Waals surface area contributed by atoms with Crippen molar-refractivity contribution >= 4 is 5.78 Å². The van der Waals surface area contributed by atoms with E-state index in [-0.39, 0.29) is 23.0 Å². The van der Waals surface area contributed by atoms with Gasteiger partial charge in [0.1, 0.15) is 0 Å². The zero-order chi connectivity index (χ0) is 16.7. The Morgan fingerprint density at radius 3 is 2.57 bits per heavy atom. The molecule has 0 aromatic heterocycles. The molecule has 3 heteroatoms. The number of carbonyl (C=O) groups excluding carboxylic acids is 1. The maximum atomic E-state index is 12.6. The second-order valence-corrected chi connectivity index (χ2v) is 8.91. The van der Waals surface area contributed by atoms with Gasteiger partial charge in [-0.05, 0) is 80.3 Å². The van der Waals surface area contributed by atoms with Gasteiger partial charge in [-0.3, -0.25) is 4.79 Å². The highest BCUT2D eigenvalue weighted by Crippen LogP contribution is 2.75. The number of aliphatic hydroxyl groups excluding tert-OH is 1. The van der Waals surface area contributed by atoms with Crippen molar-refractivity contribution in [2.45, 2.75) is 58.2 Å². The number of allylic oxidation sites excluding steroid dienone is 2. The van der Waals surface area contributed by atoms with Gasteiger partial charge < -0.3 is 10.2 Å². The third-order valence-electron chi connectivity index (χ3n) is 7.75. The lowest BCUT2D eigenvalue weighted by Crippen LogP contribution is -2.38. The standard InChI is InChI=1S/C20H28O3/c1-10-5-6-13-16(15-12(10)7-8-19(15,3)23)20(13,4)17-14(21)9-11(2)18(17)22/h9,12-17,21,23H,1,5-8H2,2-4H3/t12-,13+,14+,15+,16+,17?,19-,20-/m0/s1. The van der Waals surface area contributed by atoms with Crippen molar-refractivity contribution in [3.05, 3.63) is 23.8 Å². The topological polar surface area (TPSA) is 57.5 Å². The van der Waals surface area contributed by atoms with Gasteiger partial charge in [-0.25, -0.2) is 0 Å². The van der Waals surface area contributed by atoms with Crippen LogP contribution in [0.25, 0.3) is 0 Å². The van der Waals surface area contributed by atoms with E-state index >= 15 is 0 Å². The molecule has 0 aromatic rings. The average molecular weight is 316 g/mol. The summed E-state index contributed by atoms with van der Waals surface area (Å²) in [4.78, 5) is 12.6. The first kappa shape index (κ1) is 15.6. The van der Waals surface area contributed by atoms with Crippen molar-refractivity contribution in [3.8, 4) is 0 Å². The minimum atomic E-state index is -0.673. The quantitative estimate of drug-likeness (QED) is 0.731. The van der Waals surface area contributed by atoms with Gasteiger partial charge in [-0.2, -0.15) is 0 Å². The van der Waals surface area contributed by atoms with E-state index in [4.69, 9.17) is 0 Å². The molecule has 3 fully saturated rings. The molecule has 0 aromatic carbocycles. The summed E-state index contributed by atoms with van der Waals surface area (Å²) >= 11 is 0. The lowest BCUT2D eigenvalue weighted by Gasteiger charge is -2.34. The number of Topliss-reactive ketones (excluding diaryl/α,β-unsaturated/α-hetero) is 1. The fourth-order valence-electron chi connectivity index (χ4n) is 6.56. The van der Waals surface area contributed by atoms with Gasteiger partial charge in [-0.15, -0.1) is 0 Å². The molecule has 3 saturated carbocycles. The molecule has 0 amide bonds. The number of fused-ring (bicyclic) bond motifs is 3. The molecule has 4 aliphatic carbocycles. The van der Waals surface area contributed by atoms with Crippen LogP contribution < -0.4 is 0 Å². The summed E-state index contributed by atoms with van der Waals surface area (Å²) in [6.45, 7) is 10.2. The van der Waals surface area contributed by atoms with E-state index in [1.807, 2.05) is 13.8 Å². The second kappa shape index (κ2) is 4.58. The molecule has 4 aliphatic rings. The molecule has 2 N–H and O–H groups in total. The second-order valence-electron chi connectivity index (χ2n) is 8.91. The van der Waals surface area contributed by atoms with Gasteiger partial charge in [0.25, 0.3) is 0 Å². The molecule has 0 spiro atoms. The van der Waals surface area contributed by atoms with E-state index in [2.05, 4.69) is 13.5 Å². The Morgan fingerprint density at radius 1 is 1.26 bits per heavy atom. The van der Waals surface area contributed by atoms with Crippen LogP contribution >= 0.6 is 0 Å². The lowest BCUT2D eigenvalue weighted by atomic mass is 9.73. The number of carbonyl (C=O) groups is 1. The van der Waals surface area contributed by atoms with Crippen molar-refractivity contribution in [1.29, 1.82) is 0 Å². The Bertz CT molecular complexity index is 616. The fourth-order valence-corrected chi connectivity index (χ4v) is 6.56. The Balaban J connectivity index is 1.72. The summed E-state index contributed by atoms with van der Waals surface area (Å²) in [5.74, 6) is 1.11. The maximum absolute atomic E-state index is 12.6. The average Bonchev–Trinajstić information content (AvgIpc) is 2.82. The van der Waals surface area contributed by atoms with E-state index in [0.717, 1.165) is 25.7 Å². The molecular weight excluding hydrogens is 288 g/mol. The van der Waals surface area contributed by atoms with Gasteiger partial charge in [0.15, 0.2) is 5.78 Å². The Morgan fingerprint density at radius 2 is 1.96 bits per heavy atom. The Labute approximate surface area is 138 Å². The molecule has 8 atom stereocenters. The molecule has 126 valence electrons. The zero-order valence-corrected chi connectivity index (χ0v) is 14.4. The number of hydrogen-bond donors (Lipinski definition) is 2. The Kier molecular flexibility index (Phi) is 3.10.